The molecule has 0 radical (unpaired) electrons. The van der Waals surface area contributed by atoms with Crippen molar-refractivity contribution in [2.45, 2.75) is 18.3 Å². The molecular formula is C13H12N2O. The van der Waals surface area contributed by atoms with Crippen molar-refractivity contribution >= 4 is 0 Å². The fraction of sp³-hybridized carbons (Fsp3) is 0.231. The second-order valence-electron chi connectivity index (χ2n) is 4.23. The van der Waals surface area contributed by atoms with Gasteiger partial charge in [0.05, 0.1) is 5.41 Å². The van der Waals surface area contributed by atoms with Gasteiger partial charge in [-0.3, -0.25) is 4.79 Å². The lowest BCUT2D eigenvalue weighted by Crippen LogP contribution is -2.18. The number of hydrogen-bond acceptors (Lipinski definition) is 2. The van der Waals surface area contributed by atoms with E-state index < -0.39 is 0 Å². The molecule has 80 valence electrons. The van der Waals surface area contributed by atoms with E-state index in [1.54, 1.807) is 6.20 Å². The van der Waals surface area contributed by atoms with Gasteiger partial charge in [-0.1, -0.05) is 30.3 Å². The molecule has 0 aliphatic heterocycles. The van der Waals surface area contributed by atoms with Crippen LogP contribution in [0.25, 0.3) is 0 Å². The molecule has 1 aromatic carbocycles. The Morgan fingerprint density at radius 1 is 1.12 bits per heavy atom. The van der Waals surface area contributed by atoms with Crippen LogP contribution < -0.4 is 5.56 Å². The van der Waals surface area contributed by atoms with E-state index in [2.05, 4.69) is 22.1 Å². The third-order valence-electron chi connectivity index (χ3n) is 3.20. The fourth-order valence-electron chi connectivity index (χ4n) is 2.16. The van der Waals surface area contributed by atoms with Crippen LogP contribution in [0.5, 0.6) is 0 Å². The van der Waals surface area contributed by atoms with Crippen molar-refractivity contribution in [1.29, 1.82) is 0 Å². The summed E-state index contributed by atoms with van der Waals surface area (Å²) in [5.74, 6) is 0.797. The smallest absolute Gasteiger partial charge is 0.250 e. The molecule has 1 saturated carbocycles. The zero-order chi connectivity index (χ0) is 11.0. The van der Waals surface area contributed by atoms with E-state index >= 15 is 0 Å². The van der Waals surface area contributed by atoms with Crippen molar-refractivity contribution in [3.63, 3.8) is 0 Å². The number of nitrogens with one attached hydrogen (secondary N) is 1. The van der Waals surface area contributed by atoms with Crippen LogP contribution in [0.1, 0.15) is 24.2 Å². The van der Waals surface area contributed by atoms with Gasteiger partial charge in [0.2, 0.25) is 0 Å². The topological polar surface area (TPSA) is 45.8 Å². The SMILES string of the molecule is O=c1ccnc(C2(c3ccccc3)CC2)[nH]1. The highest BCUT2D eigenvalue weighted by Gasteiger charge is 2.47. The van der Waals surface area contributed by atoms with Gasteiger partial charge in [0.15, 0.2) is 0 Å². The number of rotatable bonds is 2. The molecular weight excluding hydrogens is 200 g/mol. The van der Waals surface area contributed by atoms with E-state index in [1.165, 1.54) is 11.6 Å². The van der Waals surface area contributed by atoms with Gasteiger partial charge in [-0.25, -0.2) is 4.98 Å². The van der Waals surface area contributed by atoms with Crippen LogP contribution >= 0.6 is 0 Å². The van der Waals surface area contributed by atoms with E-state index in [0.717, 1.165) is 18.7 Å². The number of H-pyrrole nitrogens is 1. The first kappa shape index (κ1) is 9.33. The molecule has 0 unspecified atom stereocenters. The Hall–Kier alpha value is -1.90. The highest BCUT2D eigenvalue weighted by atomic mass is 16.1. The predicted molar refractivity (Wildman–Crippen MR) is 61.3 cm³/mol. The first-order valence-corrected chi connectivity index (χ1v) is 5.43. The van der Waals surface area contributed by atoms with Crippen LogP contribution in [-0.2, 0) is 5.41 Å². The first-order chi connectivity index (χ1) is 7.81. The highest BCUT2D eigenvalue weighted by Crippen LogP contribution is 2.51. The molecule has 0 bridgehead atoms. The molecule has 2 aromatic rings. The predicted octanol–water partition coefficient (Wildman–Crippen LogP) is 1.85. The number of nitrogens with zero attached hydrogens (tertiary/aromatic N) is 1. The lowest BCUT2D eigenvalue weighted by Gasteiger charge is -2.13. The minimum Gasteiger partial charge on any atom is -0.310 e. The molecule has 3 heteroatoms. The van der Waals surface area contributed by atoms with Crippen molar-refractivity contribution < 1.29 is 0 Å². The van der Waals surface area contributed by atoms with Gasteiger partial charge in [-0.15, -0.1) is 0 Å². The Morgan fingerprint density at radius 2 is 1.88 bits per heavy atom. The fourth-order valence-corrected chi connectivity index (χ4v) is 2.16. The quantitative estimate of drug-likeness (QED) is 0.825. The Morgan fingerprint density at radius 3 is 2.50 bits per heavy atom. The maximum Gasteiger partial charge on any atom is 0.250 e. The molecule has 0 spiro atoms. The van der Waals surface area contributed by atoms with Crippen molar-refractivity contribution in [3.05, 3.63) is 64.3 Å². The summed E-state index contributed by atoms with van der Waals surface area (Å²) in [7, 11) is 0. The monoisotopic (exact) mass is 212 g/mol. The van der Waals surface area contributed by atoms with Crippen molar-refractivity contribution in [3.8, 4) is 0 Å². The summed E-state index contributed by atoms with van der Waals surface area (Å²) in [6.45, 7) is 0. The standard InChI is InChI=1S/C13H12N2O/c16-11-6-9-14-12(15-11)13(7-8-13)10-4-2-1-3-5-10/h1-6,9H,7-8H2,(H,14,15,16). The maximum absolute atomic E-state index is 11.3. The van der Waals surface area contributed by atoms with Crippen LogP contribution in [-0.4, -0.2) is 9.97 Å². The third-order valence-corrected chi connectivity index (χ3v) is 3.20. The molecule has 3 nitrogen and oxygen atoms in total. The largest absolute Gasteiger partial charge is 0.310 e. The van der Waals surface area contributed by atoms with Crippen LogP contribution in [0.4, 0.5) is 0 Å². The second-order valence-corrected chi connectivity index (χ2v) is 4.23. The zero-order valence-electron chi connectivity index (χ0n) is 8.81. The van der Waals surface area contributed by atoms with E-state index in [-0.39, 0.29) is 11.0 Å². The molecule has 1 aromatic heterocycles. The molecule has 3 rings (SSSR count). The molecule has 0 saturated heterocycles. The summed E-state index contributed by atoms with van der Waals surface area (Å²) in [4.78, 5) is 18.4. The van der Waals surface area contributed by atoms with Crippen LogP contribution in [0, 0.1) is 0 Å². The minimum atomic E-state index is -0.0767. The maximum atomic E-state index is 11.3. The molecule has 1 aliphatic rings. The van der Waals surface area contributed by atoms with Gasteiger partial charge in [-0.05, 0) is 18.4 Å². The van der Waals surface area contributed by atoms with Gasteiger partial charge < -0.3 is 4.98 Å². The average Bonchev–Trinajstić information content (AvgIpc) is 3.11. The first-order valence-electron chi connectivity index (χ1n) is 5.43. The van der Waals surface area contributed by atoms with Gasteiger partial charge >= 0.3 is 0 Å². The minimum absolute atomic E-state index is 0.0400. The van der Waals surface area contributed by atoms with Crippen molar-refractivity contribution in [1.82, 2.24) is 9.97 Å². The van der Waals surface area contributed by atoms with Gasteiger partial charge in [0.1, 0.15) is 5.82 Å². The number of benzene rings is 1. The van der Waals surface area contributed by atoms with E-state index in [9.17, 15) is 4.79 Å². The van der Waals surface area contributed by atoms with Crippen molar-refractivity contribution in [2.75, 3.05) is 0 Å². The summed E-state index contributed by atoms with van der Waals surface area (Å²) in [6.07, 6.45) is 3.70. The van der Waals surface area contributed by atoms with Gasteiger partial charge in [0.25, 0.3) is 5.56 Å². The molecule has 16 heavy (non-hydrogen) atoms. The Bertz CT molecular complexity index is 555. The van der Waals surface area contributed by atoms with Crippen LogP contribution in [0.3, 0.4) is 0 Å². The Labute approximate surface area is 93.2 Å². The Balaban J connectivity index is 2.10. The van der Waals surface area contributed by atoms with E-state index in [4.69, 9.17) is 0 Å². The average molecular weight is 212 g/mol. The summed E-state index contributed by atoms with van der Waals surface area (Å²) >= 11 is 0. The van der Waals surface area contributed by atoms with E-state index in [1.807, 2.05) is 18.2 Å². The lowest BCUT2D eigenvalue weighted by atomic mass is 9.95. The Kier molecular flexibility index (Phi) is 1.93. The molecule has 1 heterocycles. The molecule has 0 amide bonds. The summed E-state index contributed by atoms with van der Waals surface area (Å²) in [6, 6.07) is 11.7. The normalized spacial score (nSPS) is 17.0. The lowest BCUT2D eigenvalue weighted by molar-refractivity contribution is 0.747. The summed E-state index contributed by atoms with van der Waals surface area (Å²) < 4.78 is 0. The number of hydrogen-bond donors (Lipinski definition) is 1. The molecule has 1 aliphatic carbocycles. The number of aromatic amines is 1. The van der Waals surface area contributed by atoms with E-state index in [0.29, 0.717) is 0 Å². The highest BCUT2D eigenvalue weighted by molar-refractivity contribution is 5.38. The van der Waals surface area contributed by atoms with Gasteiger partial charge in [-0.2, -0.15) is 0 Å². The van der Waals surface area contributed by atoms with Crippen LogP contribution in [0.2, 0.25) is 0 Å². The molecule has 1 N–H and O–H groups in total. The summed E-state index contributed by atoms with van der Waals surface area (Å²) in [5.41, 5.74) is 1.12. The summed E-state index contributed by atoms with van der Waals surface area (Å²) in [5, 5.41) is 0. The second kappa shape index (κ2) is 3.30. The zero-order valence-corrected chi connectivity index (χ0v) is 8.81. The number of aromatic nitrogens is 2. The van der Waals surface area contributed by atoms with Crippen LogP contribution in [0.15, 0.2) is 47.4 Å². The molecule has 1 fully saturated rings. The van der Waals surface area contributed by atoms with Gasteiger partial charge in [0, 0.05) is 12.3 Å². The molecule has 0 atom stereocenters. The van der Waals surface area contributed by atoms with Crippen molar-refractivity contribution in [2.24, 2.45) is 0 Å². The third kappa shape index (κ3) is 1.36.